The summed E-state index contributed by atoms with van der Waals surface area (Å²) in [7, 11) is 1.60. The van der Waals surface area contributed by atoms with Crippen LogP contribution in [0.3, 0.4) is 0 Å². The van der Waals surface area contributed by atoms with Gasteiger partial charge in [-0.15, -0.1) is 4.99 Å². The number of rotatable bonds is 27. The lowest BCUT2D eigenvalue weighted by Crippen LogP contribution is -2.52. The van der Waals surface area contributed by atoms with E-state index < -0.39 is 66.7 Å². The lowest BCUT2D eigenvalue weighted by atomic mass is 9.95. The number of amides is 7. The SMILES string of the molecule is CN(CCON(C(=O)CCCCCCN/C(=N\C#N)Nc1ccncc1)C1CCCCC1)C(=O)c1cccc(NC(=O)OCc2ccc(O[C@@H]3O[C@H](C(=O)O)C[C@H](O)[C@H]3O)c(NC(=O)CCNC(=O)CCN3C(=O)C=CC3=O)c2)c1. The van der Waals surface area contributed by atoms with E-state index in [0.717, 1.165) is 74.1 Å². The van der Waals surface area contributed by atoms with Crippen LogP contribution in [0.2, 0.25) is 0 Å². The average Bonchev–Trinajstić information content (AvgIpc) is 3.78. The number of aliphatic hydroxyl groups is 2. The summed E-state index contributed by atoms with van der Waals surface area (Å²) < 4.78 is 16.6. The number of nitriles is 1. The van der Waals surface area contributed by atoms with Crippen molar-refractivity contribution in [3.63, 3.8) is 0 Å². The molecular weight excluding hydrogens is 1040 g/mol. The van der Waals surface area contributed by atoms with Crippen LogP contribution in [-0.2, 0) is 49.7 Å². The van der Waals surface area contributed by atoms with E-state index in [2.05, 4.69) is 36.6 Å². The number of benzene rings is 2. The number of imide groups is 1. The molecule has 0 bridgehead atoms. The molecule has 0 spiro atoms. The van der Waals surface area contributed by atoms with Crippen LogP contribution >= 0.6 is 0 Å². The Labute approximate surface area is 461 Å². The van der Waals surface area contributed by atoms with Crippen molar-refractivity contribution < 1.29 is 72.7 Å². The molecule has 80 heavy (non-hydrogen) atoms. The number of nitrogens with zero attached hydrogens (tertiary/aromatic N) is 6. The fraction of sp³-hybridized carbons (Fsp3) is 0.463. The molecule has 3 aliphatic rings. The fourth-order valence-electron chi connectivity index (χ4n) is 8.70. The molecule has 2 aliphatic heterocycles. The van der Waals surface area contributed by atoms with Gasteiger partial charge in [0, 0.05) is 100 Å². The minimum Gasteiger partial charge on any atom is -0.479 e. The van der Waals surface area contributed by atoms with Gasteiger partial charge in [0.15, 0.2) is 6.10 Å². The molecular formula is C54H67N11O15. The van der Waals surface area contributed by atoms with Crippen LogP contribution in [0.5, 0.6) is 5.75 Å². The van der Waals surface area contributed by atoms with Crippen molar-refractivity contribution in [2.75, 3.05) is 55.8 Å². The Hall–Kier alpha value is -8.51. The Balaban J connectivity index is 0.970. The third kappa shape index (κ3) is 19.1. The number of hydrogen-bond acceptors (Lipinski definition) is 17. The molecule has 1 aliphatic carbocycles. The molecule has 1 saturated carbocycles. The Bertz CT molecular complexity index is 2730. The van der Waals surface area contributed by atoms with Crippen molar-refractivity contribution in [1.82, 2.24) is 30.5 Å². The van der Waals surface area contributed by atoms with E-state index in [0.29, 0.717) is 30.9 Å². The van der Waals surface area contributed by atoms with Gasteiger partial charge in [-0.25, -0.2) is 14.7 Å². The smallest absolute Gasteiger partial charge is 0.411 e. The first kappa shape index (κ1) is 60.7. The van der Waals surface area contributed by atoms with Crippen molar-refractivity contribution >= 4 is 70.5 Å². The molecule has 0 unspecified atom stereocenters. The number of anilines is 3. The van der Waals surface area contributed by atoms with Crippen LogP contribution < -0.4 is 31.3 Å². The first-order chi connectivity index (χ1) is 38.6. The molecule has 26 heteroatoms. The number of guanidine groups is 1. The predicted molar refractivity (Wildman–Crippen MR) is 286 cm³/mol. The van der Waals surface area contributed by atoms with Crippen LogP contribution in [0.1, 0.15) is 99.4 Å². The molecule has 2 aromatic carbocycles. The zero-order valence-electron chi connectivity index (χ0n) is 44.3. The third-order valence-electron chi connectivity index (χ3n) is 13.0. The summed E-state index contributed by atoms with van der Waals surface area (Å²) in [5.41, 5.74) is 1.50. The number of ether oxygens (including phenoxy) is 3. The summed E-state index contributed by atoms with van der Waals surface area (Å²) in [5.74, 6) is -3.93. The highest BCUT2D eigenvalue weighted by Crippen LogP contribution is 2.31. The predicted octanol–water partition coefficient (Wildman–Crippen LogP) is 3.54. The number of hydroxylamine groups is 2. The highest BCUT2D eigenvalue weighted by Gasteiger charge is 2.41. The Morgan fingerprint density at radius 3 is 2.34 bits per heavy atom. The van der Waals surface area contributed by atoms with Crippen molar-refractivity contribution in [2.45, 2.75) is 121 Å². The molecule has 26 nitrogen and oxygen atoms in total. The van der Waals surface area contributed by atoms with Crippen LogP contribution in [-0.4, -0.2) is 159 Å². The van der Waals surface area contributed by atoms with Crippen molar-refractivity contribution in [2.24, 2.45) is 4.99 Å². The maximum atomic E-state index is 13.6. The van der Waals surface area contributed by atoms with Gasteiger partial charge in [-0.05, 0) is 73.7 Å². The summed E-state index contributed by atoms with van der Waals surface area (Å²) in [5, 5.41) is 54.9. The minimum absolute atomic E-state index is 0.0408. The summed E-state index contributed by atoms with van der Waals surface area (Å²) in [6.45, 7) is 0.131. The summed E-state index contributed by atoms with van der Waals surface area (Å²) in [6.07, 6.45) is 7.17. The van der Waals surface area contributed by atoms with Crippen LogP contribution in [0, 0.1) is 11.5 Å². The molecule has 428 valence electrons. The van der Waals surface area contributed by atoms with Gasteiger partial charge in [0.25, 0.3) is 17.7 Å². The van der Waals surface area contributed by atoms with Crippen LogP contribution in [0.15, 0.2) is 84.1 Å². The molecule has 3 aromatic rings. The quantitative estimate of drug-likeness (QED) is 0.0135. The number of aliphatic hydroxyl groups excluding tert-OH is 2. The number of carbonyl (C=O) groups excluding carboxylic acids is 7. The van der Waals surface area contributed by atoms with Gasteiger partial charge in [-0.3, -0.25) is 48.8 Å². The standard InChI is InChI=1S/C54H67N11O15/c1-63(28-29-78-65(39-12-5-4-6-13-39)48(71)14-7-2-3-8-23-58-53(59-34-55)60-37-19-24-56-25-20-37)50(73)36-10-9-11-38(31-36)61-54(76)77-33-35-15-16-42(79-52-49(72)41(66)32-43(80-52)51(74)75)40(30-35)62-45(68)21-26-57-44(67)22-27-64-46(69)17-18-47(64)70/h9-11,15-20,24-25,30-31,39,41,43,49,52,66,72H,2-8,12-14,21-23,26-29,32-33H2,1H3,(H,57,67)(H,61,76)(H,62,68)(H,74,75)(H2,56,58,59,60)/t41-,43-,49+,52+/m0/s1. The summed E-state index contributed by atoms with van der Waals surface area (Å²) >= 11 is 0. The maximum Gasteiger partial charge on any atom is 0.411 e. The maximum absolute atomic E-state index is 13.6. The van der Waals surface area contributed by atoms with Gasteiger partial charge >= 0.3 is 12.1 Å². The second kappa shape index (κ2) is 31.2. The molecule has 1 aromatic heterocycles. The second-order valence-corrected chi connectivity index (χ2v) is 19.0. The molecule has 2 fully saturated rings. The van der Waals surface area contributed by atoms with Gasteiger partial charge in [-0.1, -0.05) is 44.2 Å². The number of carboxylic acid groups (broad SMARTS) is 1. The van der Waals surface area contributed by atoms with Crippen LogP contribution in [0.25, 0.3) is 0 Å². The van der Waals surface area contributed by atoms with E-state index in [1.54, 1.807) is 56.0 Å². The van der Waals surface area contributed by atoms with Gasteiger partial charge in [0.2, 0.25) is 36.2 Å². The first-order valence-electron chi connectivity index (χ1n) is 26.3. The minimum atomic E-state index is -1.68. The van der Waals surface area contributed by atoms with Crippen LogP contribution in [0.4, 0.5) is 21.9 Å². The van der Waals surface area contributed by atoms with E-state index in [9.17, 15) is 53.7 Å². The number of hydrogen-bond donors (Lipinski definition) is 8. The van der Waals surface area contributed by atoms with E-state index in [1.807, 2.05) is 0 Å². The average molecular weight is 1110 g/mol. The molecule has 0 radical (unpaired) electrons. The topological polar surface area (TPSA) is 353 Å². The number of likely N-dealkylation sites (N-methyl/N-ethyl adjacent to an activating group) is 1. The summed E-state index contributed by atoms with van der Waals surface area (Å²) in [4.78, 5) is 117. The number of unbranched alkanes of at least 4 members (excludes halogenated alkanes) is 3. The number of aliphatic imine (C=N–C) groups is 1. The second-order valence-electron chi connectivity index (χ2n) is 19.0. The first-order valence-corrected chi connectivity index (χ1v) is 26.3. The van der Waals surface area contributed by atoms with E-state index in [1.165, 1.54) is 34.2 Å². The van der Waals surface area contributed by atoms with Crippen molar-refractivity contribution in [3.05, 3.63) is 90.3 Å². The number of aliphatic carboxylic acids is 1. The Morgan fingerprint density at radius 2 is 1.60 bits per heavy atom. The highest BCUT2D eigenvalue weighted by molar-refractivity contribution is 6.13. The molecule has 7 amide bonds. The highest BCUT2D eigenvalue weighted by atomic mass is 16.7. The number of aromatic nitrogens is 1. The van der Waals surface area contributed by atoms with E-state index in [4.69, 9.17) is 24.3 Å². The van der Waals surface area contributed by atoms with Gasteiger partial charge < -0.3 is 55.7 Å². The molecule has 8 N–H and O–H groups in total. The third-order valence-corrected chi connectivity index (χ3v) is 13.0. The zero-order valence-corrected chi connectivity index (χ0v) is 44.3. The van der Waals surface area contributed by atoms with Gasteiger partial charge in [0.1, 0.15) is 18.5 Å². The number of nitrogens with one attached hydrogen (secondary N) is 5. The molecule has 4 atom stereocenters. The fourth-order valence-corrected chi connectivity index (χ4v) is 8.70. The lowest BCUT2D eigenvalue weighted by molar-refractivity contribution is -0.238. The normalized spacial score (nSPS) is 18.1. The number of carbonyl (C=O) groups is 8. The molecule has 1 saturated heterocycles. The number of pyridine rings is 1. The van der Waals surface area contributed by atoms with Gasteiger partial charge in [-0.2, -0.15) is 5.26 Å². The zero-order chi connectivity index (χ0) is 57.4. The Morgan fingerprint density at radius 1 is 0.850 bits per heavy atom. The lowest BCUT2D eigenvalue weighted by Gasteiger charge is -2.35. The van der Waals surface area contributed by atoms with Gasteiger partial charge in [0.05, 0.1) is 24.4 Å². The van der Waals surface area contributed by atoms with Crippen molar-refractivity contribution in [1.29, 1.82) is 5.26 Å². The molecule has 3 heterocycles. The molecule has 6 rings (SSSR count). The number of carboxylic acids is 1. The monoisotopic (exact) mass is 1110 g/mol. The van der Waals surface area contributed by atoms with E-state index >= 15 is 0 Å². The largest absolute Gasteiger partial charge is 0.479 e. The Kier molecular flexibility index (Phi) is 23.7. The van der Waals surface area contributed by atoms with Crippen molar-refractivity contribution in [3.8, 4) is 11.9 Å². The summed E-state index contributed by atoms with van der Waals surface area (Å²) in [6, 6.07) is 13.8. The van der Waals surface area contributed by atoms with E-state index in [-0.39, 0.29) is 86.2 Å².